The van der Waals surface area contributed by atoms with Crippen LogP contribution in [0.5, 0.6) is 0 Å². The predicted molar refractivity (Wildman–Crippen MR) is 80.0 cm³/mol. The Balaban J connectivity index is 2.39. The molecule has 0 bridgehead atoms. The van der Waals surface area contributed by atoms with E-state index >= 15 is 0 Å². The van der Waals surface area contributed by atoms with Crippen molar-refractivity contribution in [3.8, 4) is 0 Å². The van der Waals surface area contributed by atoms with E-state index in [4.69, 9.17) is 13.3 Å². The van der Waals surface area contributed by atoms with Gasteiger partial charge < -0.3 is 17.8 Å². The summed E-state index contributed by atoms with van der Waals surface area (Å²) in [5.41, 5.74) is 0. The second-order valence-corrected chi connectivity index (χ2v) is 9.52. The Bertz CT molecular complexity index is 535. The van der Waals surface area contributed by atoms with Crippen molar-refractivity contribution in [2.75, 3.05) is 27.1 Å². The van der Waals surface area contributed by atoms with Gasteiger partial charge in [-0.3, -0.25) is 0 Å². The summed E-state index contributed by atoms with van der Waals surface area (Å²) < 4.78 is 51.6. The van der Waals surface area contributed by atoms with E-state index < -0.39 is 18.9 Å². The Morgan fingerprint density at radius 2 is 1.82 bits per heavy atom. The second kappa shape index (κ2) is 8.75. The average Bonchev–Trinajstić information content (AvgIpc) is 2.91. The van der Waals surface area contributed by atoms with Crippen molar-refractivity contribution in [3.63, 3.8) is 0 Å². The van der Waals surface area contributed by atoms with E-state index in [1.54, 1.807) is 21.3 Å². The van der Waals surface area contributed by atoms with Crippen LogP contribution in [0.15, 0.2) is 18.7 Å². The minimum absolute atomic E-state index is 0.313. The van der Waals surface area contributed by atoms with Gasteiger partial charge in [-0.2, -0.15) is 0 Å². The van der Waals surface area contributed by atoms with E-state index in [2.05, 4.69) is 0 Å². The van der Waals surface area contributed by atoms with Crippen LogP contribution in [0.25, 0.3) is 0 Å². The number of imidazole rings is 1. The van der Waals surface area contributed by atoms with Crippen molar-refractivity contribution >= 4 is 18.9 Å². The van der Waals surface area contributed by atoms with Gasteiger partial charge in [0.05, 0.1) is 23.2 Å². The molecule has 1 aromatic heterocycles. The second-order valence-electron chi connectivity index (χ2n) is 4.90. The van der Waals surface area contributed by atoms with Crippen LogP contribution in [0, 0.1) is 0 Å². The highest BCUT2D eigenvalue weighted by Gasteiger charge is 2.37. The molecule has 0 unspecified atom stereocenters. The van der Waals surface area contributed by atoms with Crippen molar-refractivity contribution < 1.29 is 30.8 Å². The fourth-order valence-electron chi connectivity index (χ4n) is 2.16. The monoisotopic (exact) mass is 352 g/mol. The Kier molecular flexibility index (Phi) is 7.66. The van der Waals surface area contributed by atoms with Gasteiger partial charge in [0.25, 0.3) is 0 Å². The van der Waals surface area contributed by atoms with Gasteiger partial charge in [-0.1, -0.05) is 0 Å². The SMILES string of the molecule is CO[Si](CCCn1cc[n+](CCCS(=O)(=O)[O-])c1)(OC)OC. The molecule has 0 amide bonds. The van der Waals surface area contributed by atoms with Crippen LogP contribution in [-0.4, -0.2) is 53.4 Å². The van der Waals surface area contributed by atoms with Crippen molar-refractivity contribution in [1.29, 1.82) is 0 Å². The third-order valence-electron chi connectivity index (χ3n) is 3.39. The van der Waals surface area contributed by atoms with Gasteiger partial charge in [0.1, 0.15) is 12.4 Å². The minimum atomic E-state index is -4.13. The molecular formula is C12H24N2O6SSi. The number of hydrogen-bond donors (Lipinski definition) is 0. The molecule has 128 valence electrons. The predicted octanol–water partition coefficient (Wildman–Crippen LogP) is -0.0209. The fraction of sp³-hybridized carbons (Fsp3) is 0.750. The van der Waals surface area contributed by atoms with Gasteiger partial charge in [0.15, 0.2) is 0 Å². The van der Waals surface area contributed by atoms with Crippen molar-refractivity contribution in [2.45, 2.75) is 32.0 Å². The molecule has 0 radical (unpaired) electrons. The topological polar surface area (TPSA) is 93.7 Å². The zero-order valence-corrected chi connectivity index (χ0v) is 15.0. The van der Waals surface area contributed by atoms with Gasteiger partial charge >= 0.3 is 8.80 Å². The van der Waals surface area contributed by atoms with Gasteiger partial charge in [-0.05, 0) is 12.8 Å². The highest BCUT2D eigenvalue weighted by Crippen LogP contribution is 2.15. The van der Waals surface area contributed by atoms with Gasteiger partial charge in [-0.25, -0.2) is 17.6 Å². The molecule has 8 nitrogen and oxygen atoms in total. The first-order valence-electron chi connectivity index (χ1n) is 6.98. The molecule has 0 atom stereocenters. The number of hydrogen-bond acceptors (Lipinski definition) is 6. The highest BCUT2D eigenvalue weighted by atomic mass is 32.2. The minimum Gasteiger partial charge on any atom is -0.748 e. The average molecular weight is 352 g/mol. The summed E-state index contributed by atoms with van der Waals surface area (Å²) in [6, 6.07) is 0.711. The summed E-state index contributed by atoms with van der Waals surface area (Å²) in [6.45, 7) is 1.28. The molecular weight excluding hydrogens is 328 g/mol. The Morgan fingerprint density at radius 3 is 2.36 bits per heavy atom. The van der Waals surface area contributed by atoms with E-state index in [0.29, 0.717) is 19.0 Å². The van der Waals surface area contributed by atoms with Crippen LogP contribution in [0.1, 0.15) is 12.8 Å². The van der Waals surface area contributed by atoms with Gasteiger partial charge in [-0.15, -0.1) is 0 Å². The van der Waals surface area contributed by atoms with Crippen LogP contribution in [0.3, 0.4) is 0 Å². The molecule has 10 heteroatoms. The maximum Gasteiger partial charge on any atom is 0.500 e. The smallest absolute Gasteiger partial charge is 0.500 e. The number of aryl methyl sites for hydroxylation is 2. The lowest BCUT2D eigenvalue weighted by molar-refractivity contribution is -0.696. The van der Waals surface area contributed by atoms with Crippen molar-refractivity contribution in [3.05, 3.63) is 18.7 Å². The molecule has 22 heavy (non-hydrogen) atoms. The largest absolute Gasteiger partial charge is 0.748 e. The van der Waals surface area contributed by atoms with Gasteiger partial charge in [0, 0.05) is 33.1 Å². The zero-order valence-electron chi connectivity index (χ0n) is 13.2. The first kappa shape index (κ1) is 19.3. The number of nitrogens with zero attached hydrogens (tertiary/aromatic N) is 2. The normalized spacial score (nSPS) is 12.7. The maximum atomic E-state index is 10.5. The fourth-order valence-corrected chi connectivity index (χ4v) is 4.35. The molecule has 1 rings (SSSR count). The van der Waals surface area contributed by atoms with E-state index in [-0.39, 0.29) is 5.75 Å². The summed E-state index contributed by atoms with van der Waals surface area (Å²) in [6.07, 6.45) is 6.79. The van der Waals surface area contributed by atoms with Crippen LogP contribution in [0.2, 0.25) is 6.04 Å². The summed E-state index contributed by atoms with van der Waals surface area (Å²) in [5, 5.41) is 0. The maximum absolute atomic E-state index is 10.5. The number of aromatic nitrogens is 2. The standard InChI is InChI=1S/C12H24N2O6SSi/c1-18-22(19-2,20-3)11-5-7-14-9-8-13(12-14)6-4-10-21(15,16)17/h8-9,12H,4-7,10-11H2,1-3H3. The molecule has 0 N–H and O–H groups in total. The number of rotatable bonds is 11. The van der Waals surface area contributed by atoms with E-state index in [1.165, 1.54) is 0 Å². The van der Waals surface area contributed by atoms with E-state index in [0.717, 1.165) is 13.0 Å². The zero-order chi connectivity index (χ0) is 16.6. The summed E-state index contributed by atoms with van der Waals surface area (Å²) in [7, 11) is -1.89. The molecule has 0 spiro atoms. The van der Waals surface area contributed by atoms with Crippen LogP contribution >= 0.6 is 0 Å². The Morgan fingerprint density at radius 1 is 1.18 bits per heavy atom. The third-order valence-corrected chi connectivity index (χ3v) is 7.01. The van der Waals surface area contributed by atoms with Crippen LogP contribution in [-0.2, 0) is 36.5 Å². The lowest BCUT2D eigenvalue weighted by Gasteiger charge is -2.23. The quantitative estimate of drug-likeness (QED) is 0.316. The lowest BCUT2D eigenvalue weighted by atomic mass is 10.5. The van der Waals surface area contributed by atoms with E-state index in [9.17, 15) is 13.0 Å². The van der Waals surface area contributed by atoms with E-state index in [1.807, 2.05) is 27.9 Å². The summed E-state index contributed by atoms with van der Waals surface area (Å²) in [5.74, 6) is -0.338. The summed E-state index contributed by atoms with van der Waals surface area (Å²) in [4.78, 5) is 0. The highest BCUT2D eigenvalue weighted by molar-refractivity contribution is 7.85. The molecule has 0 aliphatic carbocycles. The molecule has 0 aliphatic heterocycles. The molecule has 0 aromatic carbocycles. The first-order valence-corrected chi connectivity index (χ1v) is 10.5. The van der Waals surface area contributed by atoms with Crippen molar-refractivity contribution in [2.24, 2.45) is 0 Å². The molecule has 1 heterocycles. The molecule has 0 saturated carbocycles. The Hall–Kier alpha value is -0.783. The van der Waals surface area contributed by atoms with Gasteiger partial charge in [0.2, 0.25) is 6.33 Å². The molecule has 0 fully saturated rings. The van der Waals surface area contributed by atoms with Crippen LogP contribution < -0.4 is 4.57 Å². The third kappa shape index (κ3) is 6.54. The Labute approximate surface area is 132 Å². The molecule has 0 saturated heterocycles. The lowest BCUT2D eigenvalue weighted by Crippen LogP contribution is -2.42. The van der Waals surface area contributed by atoms with Crippen molar-refractivity contribution in [1.82, 2.24) is 4.57 Å². The van der Waals surface area contributed by atoms with Crippen LogP contribution in [0.4, 0.5) is 0 Å². The first-order chi connectivity index (χ1) is 10.3. The molecule has 0 aliphatic rings. The molecule has 1 aromatic rings. The summed E-state index contributed by atoms with van der Waals surface area (Å²) >= 11 is 0.